The first-order valence-electron chi connectivity index (χ1n) is 11.7. The molecule has 2 amide bonds. The van der Waals surface area contributed by atoms with Gasteiger partial charge in [-0.1, -0.05) is 25.1 Å². The minimum Gasteiger partial charge on any atom is -0.497 e. The maximum absolute atomic E-state index is 13.4. The quantitative estimate of drug-likeness (QED) is 0.575. The largest absolute Gasteiger partial charge is 0.497 e. The van der Waals surface area contributed by atoms with Crippen molar-refractivity contribution >= 4 is 11.8 Å². The van der Waals surface area contributed by atoms with Crippen LogP contribution >= 0.6 is 0 Å². The number of pyridine rings is 1. The molecule has 1 aliphatic rings. The maximum atomic E-state index is 13.4. The average Bonchev–Trinajstić information content (AvgIpc) is 2.87. The van der Waals surface area contributed by atoms with Crippen LogP contribution in [0.25, 0.3) is 0 Å². The Hall–Kier alpha value is -3.39. The molecule has 182 valence electrons. The van der Waals surface area contributed by atoms with Crippen molar-refractivity contribution in [2.75, 3.05) is 39.8 Å². The van der Waals surface area contributed by atoms with Crippen molar-refractivity contribution in [1.29, 1.82) is 0 Å². The highest BCUT2D eigenvalue weighted by Gasteiger charge is 2.27. The third-order valence-electron chi connectivity index (χ3n) is 6.23. The van der Waals surface area contributed by atoms with Gasteiger partial charge in [-0.25, -0.2) is 0 Å². The van der Waals surface area contributed by atoms with E-state index in [-0.39, 0.29) is 29.6 Å². The van der Waals surface area contributed by atoms with Gasteiger partial charge in [0, 0.05) is 57.7 Å². The van der Waals surface area contributed by atoms with E-state index in [1.165, 1.54) is 6.20 Å². The normalized spacial score (nSPS) is 15.0. The molecular weight excluding hydrogens is 432 g/mol. The second-order valence-electron chi connectivity index (χ2n) is 8.54. The summed E-state index contributed by atoms with van der Waals surface area (Å²) in [5.41, 5.74) is 0.621. The number of hydrogen-bond donors (Lipinski definition) is 1. The molecule has 1 unspecified atom stereocenters. The Labute approximate surface area is 200 Å². The lowest BCUT2D eigenvalue weighted by molar-refractivity contribution is 0.0626. The van der Waals surface area contributed by atoms with Crippen molar-refractivity contribution in [1.82, 2.24) is 19.7 Å². The highest BCUT2D eigenvalue weighted by molar-refractivity contribution is 5.99. The zero-order chi connectivity index (χ0) is 24.7. The minimum atomic E-state index is -0.537. The van der Waals surface area contributed by atoms with Crippen LogP contribution in [0.3, 0.4) is 0 Å². The molecule has 8 nitrogen and oxygen atoms in total. The number of nitrogens with one attached hydrogen (secondary N) is 1. The van der Waals surface area contributed by atoms with E-state index in [1.807, 2.05) is 32.0 Å². The highest BCUT2D eigenvalue weighted by atomic mass is 16.5. The summed E-state index contributed by atoms with van der Waals surface area (Å²) < 4.78 is 7.09. The van der Waals surface area contributed by atoms with Crippen LogP contribution < -0.4 is 15.5 Å². The van der Waals surface area contributed by atoms with Gasteiger partial charge in [-0.15, -0.1) is 6.58 Å². The number of carbonyl (C=O) groups excluding carboxylic acids is 2. The van der Waals surface area contributed by atoms with Crippen LogP contribution in [-0.4, -0.2) is 66.0 Å². The van der Waals surface area contributed by atoms with Gasteiger partial charge in [-0.2, -0.15) is 0 Å². The van der Waals surface area contributed by atoms with Crippen LogP contribution in [0.1, 0.15) is 52.6 Å². The van der Waals surface area contributed by atoms with Crippen LogP contribution in [0, 0.1) is 0 Å². The van der Waals surface area contributed by atoms with Crippen LogP contribution in [0.5, 0.6) is 5.75 Å². The zero-order valence-electron chi connectivity index (χ0n) is 20.3. The fourth-order valence-electron chi connectivity index (χ4n) is 3.95. The third-order valence-corrected chi connectivity index (χ3v) is 6.23. The number of amides is 2. The van der Waals surface area contributed by atoms with E-state index in [1.54, 1.807) is 28.8 Å². The summed E-state index contributed by atoms with van der Waals surface area (Å²) in [7, 11) is 1.65. The summed E-state index contributed by atoms with van der Waals surface area (Å²) in [5.74, 6) is -0.0120. The number of benzene rings is 1. The first kappa shape index (κ1) is 25.2. The number of aromatic nitrogens is 1. The summed E-state index contributed by atoms with van der Waals surface area (Å²) in [6.45, 7) is 11.0. The van der Waals surface area contributed by atoms with E-state index in [0.29, 0.717) is 26.2 Å². The molecule has 34 heavy (non-hydrogen) atoms. The fourth-order valence-corrected chi connectivity index (χ4v) is 3.95. The number of ether oxygens (including phenoxy) is 1. The molecule has 2 heterocycles. The highest BCUT2D eigenvalue weighted by Crippen LogP contribution is 2.17. The molecule has 3 rings (SSSR count). The van der Waals surface area contributed by atoms with Gasteiger partial charge in [-0.3, -0.25) is 19.3 Å². The second kappa shape index (κ2) is 11.7. The van der Waals surface area contributed by atoms with Gasteiger partial charge in [0.15, 0.2) is 0 Å². The van der Waals surface area contributed by atoms with Crippen LogP contribution in [0.4, 0.5) is 0 Å². The van der Waals surface area contributed by atoms with Crippen molar-refractivity contribution in [3.63, 3.8) is 0 Å². The predicted molar refractivity (Wildman–Crippen MR) is 132 cm³/mol. The molecule has 1 aromatic carbocycles. The average molecular weight is 467 g/mol. The molecule has 2 aromatic rings. The lowest BCUT2D eigenvalue weighted by Crippen LogP contribution is -2.49. The lowest BCUT2D eigenvalue weighted by atomic mass is 10.1. The first-order valence-corrected chi connectivity index (χ1v) is 11.7. The van der Waals surface area contributed by atoms with Gasteiger partial charge in [-0.05, 0) is 31.0 Å². The number of methoxy groups -OCH3 is 1. The molecule has 0 radical (unpaired) electrons. The van der Waals surface area contributed by atoms with Crippen molar-refractivity contribution in [2.24, 2.45) is 0 Å². The van der Waals surface area contributed by atoms with E-state index in [9.17, 15) is 14.4 Å². The molecule has 0 saturated carbocycles. The first-order chi connectivity index (χ1) is 16.4. The van der Waals surface area contributed by atoms with E-state index >= 15 is 0 Å². The van der Waals surface area contributed by atoms with E-state index < -0.39 is 11.3 Å². The third kappa shape index (κ3) is 5.94. The minimum absolute atomic E-state index is 0.0235. The molecule has 1 atom stereocenters. The van der Waals surface area contributed by atoms with Gasteiger partial charge >= 0.3 is 0 Å². The van der Waals surface area contributed by atoms with Gasteiger partial charge in [0.05, 0.1) is 7.11 Å². The number of piperazine rings is 1. The van der Waals surface area contributed by atoms with E-state index in [2.05, 4.69) is 22.9 Å². The number of hydrogen-bond acceptors (Lipinski definition) is 5. The Balaban J connectivity index is 1.76. The molecule has 1 aliphatic heterocycles. The Morgan fingerprint density at radius 3 is 2.53 bits per heavy atom. The van der Waals surface area contributed by atoms with Crippen LogP contribution in [0.15, 0.2) is 54.1 Å². The molecule has 8 heteroatoms. The summed E-state index contributed by atoms with van der Waals surface area (Å²) in [5, 5.41) is 2.65. The summed E-state index contributed by atoms with van der Waals surface area (Å²) in [6, 6.07) is 7.99. The van der Waals surface area contributed by atoms with E-state index in [0.717, 1.165) is 24.3 Å². The topological polar surface area (TPSA) is 83.9 Å². The molecular formula is C26H34N4O4. The standard InChI is InChI=1S/C26H34N4O4/c1-5-10-27-25(32)22-17-30(19(3)6-2)18-23(24(22)31)26(33)29-13-11-28(12-14-29)16-20-8-7-9-21(15-20)34-4/h5,7-9,15,17-19H,1,6,10-14,16H2,2-4H3,(H,27,32). The molecule has 0 spiro atoms. The maximum Gasteiger partial charge on any atom is 0.259 e. The van der Waals surface area contributed by atoms with Crippen molar-refractivity contribution in [3.8, 4) is 5.75 Å². The summed E-state index contributed by atoms with van der Waals surface area (Å²) in [4.78, 5) is 43.0. The van der Waals surface area contributed by atoms with Crippen molar-refractivity contribution in [2.45, 2.75) is 32.9 Å². The summed E-state index contributed by atoms with van der Waals surface area (Å²) >= 11 is 0. The van der Waals surface area contributed by atoms with Gasteiger partial charge < -0.3 is 19.5 Å². The van der Waals surface area contributed by atoms with E-state index in [4.69, 9.17) is 4.74 Å². The van der Waals surface area contributed by atoms with Crippen LogP contribution in [-0.2, 0) is 6.54 Å². The van der Waals surface area contributed by atoms with Crippen LogP contribution in [0.2, 0.25) is 0 Å². The molecule has 1 aromatic heterocycles. The molecule has 1 fully saturated rings. The SMILES string of the molecule is C=CCNC(=O)c1cn(C(C)CC)cc(C(=O)N2CCN(Cc3cccc(OC)c3)CC2)c1=O. The predicted octanol–water partition coefficient (Wildman–Crippen LogP) is 2.70. The molecule has 1 saturated heterocycles. The molecule has 0 bridgehead atoms. The molecule has 0 aliphatic carbocycles. The zero-order valence-corrected chi connectivity index (χ0v) is 20.3. The van der Waals surface area contributed by atoms with Gasteiger partial charge in [0.2, 0.25) is 5.43 Å². The second-order valence-corrected chi connectivity index (χ2v) is 8.54. The van der Waals surface area contributed by atoms with Crippen molar-refractivity contribution < 1.29 is 14.3 Å². The smallest absolute Gasteiger partial charge is 0.259 e. The number of rotatable bonds is 9. The van der Waals surface area contributed by atoms with Gasteiger partial charge in [0.25, 0.3) is 11.8 Å². The number of carbonyl (C=O) groups is 2. The monoisotopic (exact) mass is 466 g/mol. The van der Waals surface area contributed by atoms with Gasteiger partial charge in [0.1, 0.15) is 16.9 Å². The number of nitrogens with zero attached hydrogens (tertiary/aromatic N) is 3. The Bertz CT molecular complexity index is 1090. The Kier molecular flexibility index (Phi) is 8.65. The lowest BCUT2D eigenvalue weighted by Gasteiger charge is -2.35. The Morgan fingerprint density at radius 1 is 1.18 bits per heavy atom. The molecule has 1 N–H and O–H groups in total. The summed E-state index contributed by atoms with van der Waals surface area (Å²) in [6.07, 6.45) is 5.47. The Morgan fingerprint density at radius 2 is 1.88 bits per heavy atom. The fraction of sp³-hybridized carbons (Fsp3) is 0.423. The van der Waals surface area contributed by atoms with Crippen molar-refractivity contribution in [3.05, 3.63) is 76.2 Å².